The van der Waals surface area contributed by atoms with Crippen LogP contribution in [-0.4, -0.2) is 30.2 Å². The zero-order valence-electron chi connectivity index (χ0n) is 9.63. The second-order valence-corrected chi connectivity index (χ2v) is 5.47. The van der Waals surface area contributed by atoms with E-state index < -0.39 is 12.5 Å². The molecule has 0 aromatic rings. The number of nitrogens with one attached hydrogen (secondary N) is 1. The van der Waals surface area contributed by atoms with Crippen LogP contribution >= 0.6 is 0 Å². The van der Waals surface area contributed by atoms with Crippen molar-refractivity contribution in [2.75, 3.05) is 6.54 Å². The van der Waals surface area contributed by atoms with Crippen molar-refractivity contribution >= 4 is 0 Å². The summed E-state index contributed by atoms with van der Waals surface area (Å²) in [7, 11) is 0. The molecule has 1 aliphatic carbocycles. The minimum absolute atomic E-state index is 0.0112. The molecule has 0 amide bonds. The normalized spacial score (nSPS) is 32.2. The van der Waals surface area contributed by atoms with Crippen LogP contribution in [-0.2, 0) is 0 Å². The SMILES string of the molecule is CC1CC(C)(C)CC1NCC(O)C(F)F. The van der Waals surface area contributed by atoms with E-state index in [0.29, 0.717) is 5.92 Å². The number of alkyl halides is 2. The Morgan fingerprint density at radius 3 is 2.40 bits per heavy atom. The summed E-state index contributed by atoms with van der Waals surface area (Å²) in [6, 6.07) is 0.258. The number of hydrogen-bond donors (Lipinski definition) is 2. The first kappa shape index (κ1) is 12.8. The summed E-state index contributed by atoms with van der Waals surface area (Å²) in [6.45, 7) is 6.49. The van der Waals surface area contributed by atoms with Gasteiger partial charge in [0.15, 0.2) is 0 Å². The molecule has 1 rings (SSSR count). The third kappa shape index (κ3) is 3.68. The van der Waals surface area contributed by atoms with Gasteiger partial charge < -0.3 is 10.4 Å². The van der Waals surface area contributed by atoms with Crippen molar-refractivity contribution in [3.8, 4) is 0 Å². The van der Waals surface area contributed by atoms with Crippen molar-refractivity contribution in [1.82, 2.24) is 5.32 Å². The van der Waals surface area contributed by atoms with Crippen molar-refractivity contribution in [2.24, 2.45) is 11.3 Å². The van der Waals surface area contributed by atoms with Gasteiger partial charge in [0, 0.05) is 12.6 Å². The molecular formula is C11H21F2NO. The van der Waals surface area contributed by atoms with E-state index >= 15 is 0 Å². The molecule has 90 valence electrons. The average molecular weight is 221 g/mol. The number of halogens is 2. The fraction of sp³-hybridized carbons (Fsp3) is 1.00. The maximum Gasteiger partial charge on any atom is 0.265 e. The lowest BCUT2D eigenvalue weighted by molar-refractivity contribution is -0.00516. The zero-order valence-corrected chi connectivity index (χ0v) is 9.63. The Kier molecular flexibility index (Phi) is 4.06. The highest BCUT2D eigenvalue weighted by Crippen LogP contribution is 2.40. The van der Waals surface area contributed by atoms with E-state index in [9.17, 15) is 8.78 Å². The maximum absolute atomic E-state index is 12.1. The highest BCUT2D eigenvalue weighted by molar-refractivity contribution is 4.91. The predicted octanol–water partition coefficient (Wildman–Crippen LogP) is 2.03. The largest absolute Gasteiger partial charge is 0.386 e. The standard InChI is InChI=1S/C11H21F2NO/c1-7-4-11(2,3)5-8(7)14-6-9(15)10(12)13/h7-10,14-15H,4-6H2,1-3H3. The third-order valence-electron chi connectivity index (χ3n) is 3.21. The second kappa shape index (κ2) is 4.74. The summed E-state index contributed by atoms with van der Waals surface area (Å²) in [4.78, 5) is 0. The molecule has 0 aliphatic heterocycles. The van der Waals surface area contributed by atoms with E-state index in [1.54, 1.807) is 0 Å². The van der Waals surface area contributed by atoms with Crippen LogP contribution in [0, 0.1) is 11.3 Å². The molecule has 3 unspecified atom stereocenters. The smallest absolute Gasteiger partial charge is 0.265 e. The van der Waals surface area contributed by atoms with Gasteiger partial charge in [0.05, 0.1) is 0 Å². The van der Waals surface area contributed by atoms with Gasteiger partial charge in [-0.2, -0.15) is 0 Å². The summed E-state index contributed by atoms with van der Waals surface area (Å²) in [5.41, 5.74) is 0.285. The van der Waals surface area contributed by atoms with E-state index in [-0.39, 0.29) is 18.0 Å². The van der Waals surface area contributed by atoms with Crippen LogP contribution < -0.4 is 5.32 Å². The summed E-state index contributed by atoms with van der Waals surface area (Å²) in [5, 5.41) is 12.0. The Morgan fingerprint density at radius 1 is 1.40 bits per heavy atom. The molecular weight excluding hydrogens is 200 g/mol. The Hall–Kier alpha value is -0.220. The Bertz CT molecular complexity index is 209. The molecule has 3 atom stereocenters. The van der Waals surface area contributed by atoms with Gasteiger partial charge in [-0.25, -0.2) is 8.78 Å². The quantitative estimate of drug-likeness (QED) is 0.761. The minimum atomic E-state index is -2.65. The molecule has 0 aromatic heterocycles. The molecule has 0 radical (unpaired) electrons. The maximum atomic E-state index is 12.1. The molecule has 1 saturated carbocycles. The molecule has 15 heavy (non-hydrogen) atoms. The van der Waals surface area contributed by atoms with Crippen LogP contribution in [0.4, 0.5) is 8.78 Å². The van der Waals surface area contributed by atoms with Gasteiger partial charge in [-0.3, -0.25) is 0 Å². The van der Waals surface area contributed by atoms with E-state index in [0.717, 1.165) is 12.8 Å². The summed E-state index contributed by atoms with van der Waals surface area (Å²) >= 11 is 0. The first-order chi connectivity index (χ1) is 6.82. The van der Waals surface area contributed by atoms with Crippen molar-refractivity contribution in [3.05, 3.63) is 0 Å². The van der Waals surface area contributed by atoms with E-state index in [1.807, 2.05) is 0 Å². The van der Waals surface area contributed by atoms with Gasteiger partial charge in [0.1, 0.15) is 6.10 Å². The number of rotatable bonds is 4. The Labute approximate surface area is 90.1 Å². The van der Waals surface area contributed by atoms with Crippen LogP contribution in [0.5, 0.6) is 0 Å². The molecule has 0 saturated heterocycles. The van der Waals surface area contributed by atoms with Crippen molar-refractivity contribution in [3.63, 3.8) is 0 Å². The Morgan fingerprint density at radius 2 is 2.00 bits per heavy atom. The lowest BCUT2D eigenvalue weighted by Crippen LogP contribution is -2.39. The van der Waals surface area contributed by atoms with Gasteiger partial charge in [0.25, 0.3) is 6.43 Å². The molecule has 1 aliphatic rings. The van der Waals surface area contributed by atoms with Crippen molar-refractivity contribution < 1.29 is 13.9 Å². The first-order valence-electron chi connectivity index (χ1n) is 5.51. The summed E-state index contributed by atoms with van der Waals surface area (Å²) in [6.07, 6.45) is -2.09. The highest BCUT2D eigenvalue weighted by atomic mass is 19.3. The van der Waals surface area contributed by atoms with Gasteiger partial charge >= 0.3 is 0 Å². The average Bonchev–Trinajstić information content (AvgIpc) is 2.35. The zero-order chi connectivity index (χ0) is 11.6. The topological polar surface area (TPSA) is 32.3 Å². The van der Waals surface area contributed by atoms with Crippen LogP contribution in [0.2, 0.25) is 0 Å². The minimum Gasteiger partial charge on any atom is -0.386 e. The fourth-order valence-corrected chi connectivity index (χ4v) is 2.53. The molecule has 4 heteroatoms. The number of hydrogen-bond acceptors (Lipinski definition) is 2. The van der Waals surface area contributed by atoms with Crippen LogP contribution in [0.15, 0.2) is 0 Å². The van der Waals surface area contributed by atoms with Gasteiger partial charge in [-0.15, -0.1) is 0 Å². The molecule has 2 N–H and O–H groups in total. The molecule has 0 heterocycles. The highest BCUT2D eigenvalue weighted by Gasteiger charge is 2.36. The number of aliphatic hydroxyl groups is 1. The predicted molar refractivity (Wildman–Crippen MR) is 56.0 cm³/mol. The van der Waals surface area contributed by atoms with Gasteiger partial charge in [0.2, 0.25) is 0 Å². The molecule has 1 fully saturated rings. The second-order valence-electron chi connectivity index (χ2n) is 5.47. The number of aliphatic hydroxyl groups excluding tert-OH is 1. The van der Waals surface area contributed by atoms with E-state index in [1.165, 1.54) is 0 Å². The first-order valence-corrected chi connectivity index (χ1v) is 5.51. The lowest BCUT2D eigenvalue weighted by Gasteiger charge is -2.20. The summed E-state index contributed by atoms with van der Waals surface area (Å²) < 4.78 is 24.1. The van der Waals surface area contributed by atoms with Crippen LogP contribution in [0.1, 0.15) is 33.6 Å². The van der Waals surface area contributed by atoms with E-state index in [4.69, 9.17) is 5.11 Å². The van der Waals surface area contributed by atoms with Crippen LogP contribution in [0.3, 0.4) is 0 Å². The monoisotopic (exact) mass is 221 g/mol. The van der Waals surface area contributed by atoms with Gasteiger partial charge in [-0.1, -0.05) is 20.8 Å². The van der Waals surface area contributed by atoms with Gasteiger partial charge in [-0.05, 0) is 24.2 Å². The summed E-state index contributed by atoms with van der Waals surface area (Å²) in [5.74, 6) is 0.491. The lowest BCUT2D eigenvalue weighted by atomic mass is 9.91. The van der Waals surface area contributed by atoms with E-state index in [2.05, 4.69) is 26.1 Å². The molecule has 0 spiro atoms. The van der Waals surface area contributed by atoms with Crippen molar-refractivity contribution in [2.45, 2.75) is 52.2 Å². The van der Waals surface area contributed by atoms with Crippen molar-refractivity contribution in [1.29, 1.82) is 0 Å². The van der Waals surface area contributed by atoms with Crippen LogP contribution in [0.25, 0.3) is 0 Å². The molecule has 2 nitrogen and oxygen atoms in total. The fourth-order valence-electron chi connectivity index (χ4n) is 2.53. The third-order valence-corrected chi connectivity index (χ3v) is 3.21. The molecule has 0 bridgehead atoms. The Balaban J connectivity index is 2.34. The molecule has 0 aromatic carbocycles.